The summed E-state index contributed by atoms with van der Waals surface area (Å²) in [6.07, 6.45) is 1.82. The number of hydrogen-bond donors (Lipinski definition) is 2. The Hall–Kier alpha value is -1.52. The summed E-state index contributed by atoms with van der Waals surface area (Å²) in [5.41, 5.74) is 3.80. The minimum Gasteiger partial charge on any atom is -0.384 e. The molecule has 1 atom stereocenters. The van der Waals surface area contributed by atoms with Gasteiger partial charge in [-0.25, -0.2) is 0 Å². The van der Waals surface area contributed by atoms with Gasteiger partial charge >= 0.3 is 0 Å². The topological polar surface area (TPSA) is 50.1 Å². The molecule has 2 heterocycles. The molecule has 0 saturated carbocycles. The fraction of sp³-hybridized carbons (Fsp3) is 0.400. The Kier molecular flexibility index (Phi) is 3.44. The maximum Gasteiger partial charge on any atom is 0.124 e. The van der Waals surface area contributed by atoms with Gasteiger partial charge in [-0.2, -0.15) is 5.10 Å². The van der Waals surface area contributed by atoms with Gasteiger partial charge in [0.15, 0.2) is 0 Å². The van der Waals surface area contributed by atoms with Crippen LogP contribution < -0.4 is 5.32 Å². The van der Waals surface area contributed by atoms with Gasteiger partial charge < -0.3 is 10.4 Å². The van der Waals surface area contributed by atoms with Crippen LogP contribution in [0.25, 0.3) is 0 Å². The van der Waals surface area contributed by atoms with Gasteiger partial charge in [0.25, 0.3) is 0 Å². The zero-order valence-corrected chi connectivity index (χ0v) is 12.4. The summed E-state index contributed by atoms with van der Waals surface area (Å²) < 4.78 is 1.78. The summed E-state index contributed by atoms with van der Waals surface area (Å²) in [4.78, 5) is 0. The van der Waals surface area contributed by atoms with E-state index in [1.54, 1.807) is 10.9 Å². The highest BCUT2D eigenvalue weighted by Crippen LogP contribution is 2.36. The zero-order chi connectivity index (χ0) is 14.3. The van der Waals surface area contributed by atoms with Crippen LogP contribution in [0.4, 0.5) is 5.69 Å². The second-order valence-corrected chi connectivity index (χ2v) is 5.78. The lowest BCUT2D eigenvalue weighted by atomic mass is 10.0. The third kappa shape index (κ3) is 2.09. The van der Waals surface area contributed by atoms with Crippen LogP contribution in [0.2, 0.25) is 5.02 Å². The summed E-state index contributed by atoms with van der Waals surface area (Å²) in [6, 6.07) is 6.16. The Labute approximate surface area is 123 Å². The standard InChI is InChI=1S/C15H18ClN3O/c1-9(2)19-14(12(16)8-18-19)15(20)11-5-3-4-10-6-7-17-13(10)11/h3-5,8-9,15,17,20H,6-7H2,1-2H3. The summed E-state index contributed by atoms with van der Waals surface area (Å²) in [6.45, 7) is 4.96. The lowest BCUT2D eigenvalue weighted by Gasteiger charge is -2.19. The van der Waals surface area contributed by atoms with Crippen molar-refractivity contribution in [3.63, 3.8) is 0 Å². The van der Waals surface area contributed by atoms with Crippen LogP contribution >= 0.6 is 11.6 Å². The van der Waals surface area contributed by atoms with Crippen molar-refractivity contribution in [1.29, 1.82) is 0 Å². The SMILES string of the molecule is CC(C)n1ncc(Cl)c1C(O)c1cccc2c1NCC2. The molecular formula is C15H18ClN3O. The molecule has 0 saturated heterocycles. The Morgan fingerprint density at radius 2 is 2.20 bits per heavy atom. The largest absolute Gasteiger partial charge is 0.384 e. The molecule has 1 aliphatic rings. The number of para-hydroxylation sites is 1. The van der Waals surface area contributed by atoms with Gasteiger partial charge in [0, 0.05) is 23.8 Å². The molecule has 106 valence electrons. The number of anilines is 1. The number of benzene rings is 1. The first kappa shape index (κ1) is 13.5. The maximum absolute atomic E-state index is 10.8. The Balaban J connectivity index is 2.08. The van der Waals surface area contributed by atoms with Crippen molar-refractivity contribution < 1.29 is 5.11 Å². The van der Waals surface area contributed by atoms with Crippen molar-refractivity contribution in [2.75, 3.05) is 11.9 Å². The van der Waals surface area contributed by atoms with Crippen molar-refractivity contribution >= 4 is 17.3 Å². The second-order valence-electron chi connectivity index (χ2n) is 5.38. The van der Waals surface area contributed by atoms with E-state index in [-0.39, 0.29) is 6.04 Å². The van der Waals surface area contributed by atoms with E-state index in [4.69, 9.17) is 11.6 Å². The molecule has 5 heteroatoms. The third-order valence-corrected chi connectivity index (χ3v) is 4.00. The minimum absolute atomic E-state index is 0.150. The van der Waals surface area contributed by atoms with Crippen LogP contribution in [0.5, 0.6) is 0 Å². The van der Waals surface area contributed by atoms with E-state index < -0.39 is 6.10 Å². The van der Waals surface area contributed by atoms with Gasteiger partial charge in [-0.15, -0.1) is 0 Å². The average Bonchev–Trinajstić information content (AvgIpc) is 3.03. The molecular weight excluding hydrogens is 274 g/mol. The van der Waals surface area contributed by atoms with Gasteiger partial charge in [-0.05, 0) is 25.8 Å². The molecule has 0 spiro atoms. The molecule has 1 aromatic heterocycles. The highest BCUT2D eigenvalue weighted by atomic mass is 35.5. The van der Waals surface area contributed by atoms with Crippen LogP contribution in [-0.2, 0) is 6.42 Å². The highest BCUT2D eigenvalue weighted by Gasteiger charge is 2.25. The molecule has 0 amide bonds. The Morgan fingerprint density at radius 3 is 2.95 bits per heavy atom. The maximum atomic E-state index is 10.8. The molecule has 2 aromatic rings. The molecule has 1 unspecified atom stereocenters. The van der Waals surface area contributed by atoms with Gasteiger partial charge in [0.05, 0.1) is 16.9 Å². The molecule has 0 aliphatic carbocycles. The first-order valence-corrected chi connectivity index (χ1v) is 7.24. The van der Waals surface area contributed by atoms with Crippen molar-refractivity contribution in [2.24, 2.45) is 0 Å². The Morgan fingerprint density at radius 1 is 1.40 bits per heavy atom. The highest BCUT2D eigenvalue weighted by molar-refractivity contribution is 6.31. The fourth-order valence-electron chi connectivity index (χ4n) is 2.76. The quantitative estimate of drug-likeness (QED) is 0.913. The summed E-state index contributed by atoms with van der Waals surface area (Å²) in [7, 11) is 0. The monoisotopic (exact) mass is 291 g/mol. The predicted molar refractivity (Wildman–Crippen MR) is 80.3 cm³/mol. The van der Waals surface area contributed by atoms with Crippen LogP contribution in [-0.4, -0.2) is 21.4 Å². The summed E-state index contributed by atoms with van der Waals surface area (Å²) in [5, 5.41) is 18.9. The van der Waals surface area contributed by atoms with Crippen LogP contribution in [0.3, 0.4) is 0 Å². The van der Waals surface area contributed by atoms with E-state index in [9.17, 15) is 5.11 Å². The van der Waals surface area contributed by atoms with Crippen LogP contribution in [0.15, 0.2) is 24.4 Å². The molecule has 0 bridgehead atoms. The van der Waals surface area contributed by atoms with E-state index >= 15 is 0 Å². The number of hydrogen-bond acceptors (Lipinski definition) is 3. The number of aromatic nitrogens is 2. The lowest BCUT2D eigenvalue weighted by Crippen LogP contribution is -2.13. The second kappa shape index (κ2) is 5.11. The summed E-state index contributed by atoms with van der Waals surface area (Å²) >= 11 is 6.22. The van der Waals surface area contributed by atoms with Crippen molar-refractivity contribution in [1.82, 2.24) is 9.78 Å². The number of fused-ring (bicyclic) bond motifs is 1. The van der Waals surface area contributed by atoms with Crippen LogP contribution in [0, 0.1) is 0 Å². The molecule has 4 nitrogen and oxygen atoms in total. The number of halogens is 1. The minimum atomic E-state index is -0.770. The molecule has 20 heavy (non-hydrogen) atoms. The van der Waals surface area contributed by atoms with Crippen molar-refractivity contribution in [2.45, 2.75) is 32.4 Å². The van der Waals surface area contributed by atoms with Crippen molar-refractivity contribution in [3.8, 4) is 0 Å². The molecule has 0 radical (unpaired) electrons. The van der Waals surface area contributed by atoms with E-state index in [0.717, 1.165) is 24.2 Å². The Bertz CT molecular complexity index is 636. The van der Waals surface area contributed by atoms with E-state index in [1.807, 2.05) is 26.0 Å². The fourth-order valence-corrected chi connectivity index (χ4v) is 2.99. The first-order valence-electron chi connectivity index (χ1n) is 6.86. The van der Waals surface area contributed by atoms with Crippen molar-refractivity contribution in [3.05, 3.63) is 46.2 Å². The summed E-state index contributed by atoms with van der Waals surface area (Å²) in [5.74, 6) is 0. The van der Waals surface area contributed by atoms with E-state index in [0.29, 0.717) is 10.7 Å². The smallest absolute Gasteiger partial charge is 0.124 e. The number of nitrogens with one attached hydrogen (secondary N) is 1. The predicted octanol–water partition coefficient (Wildman–Crippen LogP) is 3.17. The molecule has 3 rings (SSSR count). The number of aliphatic hydroxyl groups excluding tert-OH is 1. The molecule has 0 fully saturated rings. The number of rotatable bonds is 3. The van der Waals surface area contributed by atoms with E-state index in [1.165, 1.54) is 5.56 Å². The molecule has 2 N–H and O–H groups in total. The average molecular weight is 292 g/mol. The molecule has 1 aliphatic heterocycles. The third-order valence-electron chi connectivity index (χ3n) is 3.71. The normalized spacial score (nSPS) is 15.2. The molecule has 1 aromatic carbocycles. The number of nitrogens with zero attached hydrogens (tertiary/aromatic N) is 2. The van der Waals surface area contributed by atoms with E-state index in [2.05, 4.69) is 16.5 Å². The zero-order valence-electron chi connectivity index (χ0n) is 11.6. The lowest BCUT2D eigenvalue weighted by molar-refractivity contribution is 0.206. The van der Waals surface area contributed by atoms with Gasteiger partial charge in [0.2, 0.25) is 0 Å². The number of aliphatic hydroxyl groups is 1. The van der Waals surface area contributed by atoms with Gasteiger partial charge in [0.1, 0.15) is 6.10 Å². The van der Waals surface area contributed by atoms with Gasteiger partial charge in [-0.1, -0.05) is 29.8 Å². The first-order chi connectivity index (χ1) is 9.59. The van der Waals surface area contributed by atoms with Crippen LogP contribution in [0.1, 0.15) is 42.8 Å². The van der Waals surface area contributed by atoms with Gasteiger partial charge in [-0.3, -0.25) is 4.68 Å².